The van der Waals surface area contributed by atoms with E-state index in [4.69, 9.17) is 0 Å². The van der Waals surface area contributed by atoms with Crippen molar-refractivity contribution in [1.82, 2.24) is 5.32 Å². The van der Waals surface area contributed by atoms with Gasteiger partial charge in [0.1, 0.15) is 0 Å². The van der Waals surface area contributed by atoms with Gasteiger partial charge in [0.15, 0.2) is 0 Å². The first kappa shape index (κ1) is 12.1. The first-order chi connectivity index (χ1) is 7.83. The van der Waals surface area contributed by atoms with Gasteiger partial charge < -0.3 is 5.32 Å². The molecule has 0 amide bonds. The van der Waals surface area contributed by atoms with Crippen molar-refractivity contribution < 1.29 is 0 Å². The lowest BCUT2D eigenvalue weighted by atomic mass is 9.91. The van der Waals surface area contributed by atoms with Gasteiger partial charge in [-0.2, -0.15) is 0 Å². The van der Waals surface area contributed by atoms with Crippen LogP contribution in [0.4, 0.5) is 0 Å². The smallest absolute Gasteiger partial charge is 0.0359 e. The standard InChI is InChI=1S/C14H20BrN/c1-2-16-14(11-7-3-4-8-11)12-9-5-6-10-13(12)15/h5-6,9-11,14,16H,2-4,7-8H2,1H3. The summed E-state index contributed by atoms with van der Waals surface area (Å²) < 4.78 is 1.24. The minimum absolute atomic E-state index is 0.531. The Morgan fingerprint density at radius 2 is 2.00 bits per heavy atom. The molecule has 88 valence electrons. The largest absolute Gasteiger partial charge is 0.310 e. The lowest BCUT2D eigenvalue weighted by Gasteiger charge is -2.25. The summed E-state index contributed by atoms with van der Waals surface area (Å²) in [4.78, 5) is 0. The van der Waals surface area contributed by atoms with Crippen molar-refractivity contribution in [3.63, 3.8) is 0 Å². The van der Waals surface area contributed by atoms with Gasteiger partial charge in [-0.1, -0.05) is 53.9 Å². The Morgan fingerprint density at radius 3 is 2.62 bits per heavy atom. The molecule has 1 aliphatic rings. The van der Waals surface area contributed by atoms with E-state index in [1.807, 2.05) is 0 Å². The Balaban J connectivity index is 2.21. The third-order valence-corrected chi connectivity index (χ3v) is 4.26. The van der Waals surface area contributed by atoms with Crippen LogP contribution in [-0.4, -0.2) is 6.54 Å². The molecule has 16 heavy (non-hydrogen) atoms. The Hall–Kier alpha value is -0.340. The monoisotopic (exact) mass is 281 g/mol. The predicted molar refractivity (Wildman–Crippen MR) is 72.5 cm³/mol. The highest BCUT2D eigenvalue weighted by molar-refractivity contribution is 9.10. The van der Waals surface area contributed by atoms with E-state index in [0.29, 0.717) is 6.04 Å². The van der Waals surface area contributed by atoms with Crippen molar-refractivity contribution in [2.75, 3.05) is 6.54 Å². The number of rotatable bonds is 4. The highest BCUT2D eigenvalue weighted by Gasteiger charge is 2.26. The van der Waals surface area contributed by atoms with Crippen molar-refractivity contribution in [2.45, 2.75) is 38.6 Å². The first-order valence-corrected chi connectivity index (χ1v) is 7.10. The van der Waals surface area contributed by atoms with Crippen molar-refractivity contribution >= 4 is 15.9 Å². The zero-order chi connectivity index (χ0) is 11.4. The molecule has 1 aromatic carbocycles. The fraction of sp³-hybridized carbons (Fsp3) is 0.571. The van der Waals surface area contributed by atoms with Crippen molar-refractivity contribution in [1.29, 1.82) is 0 Å². The van der Waals surface area contributed by atoms with Crippen LogP contribution in [0, 0.1) is 5.92 Å². The average molecular weight is 282 g/mol. The van der Waals surface area contributed by atoms with Crippen LogP contribution in [0.1, 0.15) is 44.2 Å². The van der Waals surface area contributed by atoms with Gasteiger partial charge in [-0.15, -0.1) is 0 Å². The zero-order valence-corrected chi connectivity index (χ0v) is 11.5. The molecule has 0 spiro atoms. The van der Waals surface area contributed by atoms with Crippen LogP contribution in [0.2, 0.25) is 0 Å². The number of hydrogen-bond donors (Lipinski definition) is 1. The maximum absolute atomic E-state index is 3.67. The lowest BCUT2D eigenvalue weighted by Crippen LogP contribution is -2.27. The summed E-state index contributed by atoms with van der Waals surface area (Å²) in [5, 5.41) is 3.65. The molecule has 1 aliphatic carbocycles. The normalized spacial score (nSPS) is 18.9. The molecule has 2 heteroatoms. The van der Waals surface area contributed by atoms with Gasteiger partial charge in [0.25, 0.3) is 0 Å². The Labute approximate surface area is 107 Å². The zero-order valence-electron chi connectivity index (χ0n) is 9.88. The van der Waals surface area contributed by atoms with Gasteiger partial charge in [0.05, 0.1) is 0 Å². The van der Waals surface area contributed by atoms with Gasteiger partial charge in [-0.3, -0.25) is 0 Å². The minimum atomic E-state index is 0.531. The molecule has 1 unspecified atom stereocenters. The van der Waals surface area contributed by atoms with Crippen LogP contribution in [0.15, 0.2) is 28.7 Å². The molecular formula is C14H20BrN. The Morgan fingerprint density at radius 1 is 1.31 bits per heavy atom. The van der Waals surface area contributed by atoms with Crippen LogP contribution in [0.5, 0.6) is 0 Å². The summed E-state index contributed by atoms with van der Waals surface area (Å²) in [6.07, 6.45) is 5.55. The third-order valence-electron chi connectivity index (χ3n) is 3.54. The summed E-state index contributed by atoms with van der Waals surface area (Å²) >= 11 is 3.67. The van der Waals surface area contributed by atoms with Gasteiger partial charge >= 0.3 is 0 Å². The number of hydrogen-bond acceptors (Lipinski definition) is 1. The predicted octanol–water partition coefficient (Wildman–Crippen LogP) is 4.29. The molecule has 1 atom stereocenters. The fourth-order valence-corrected chi connectivity index (χ4v) is 3.30. The summed E-state index contributed by atoms with van der Waals surface area (Å²) in [5.74, 6) is 0.818. The van der Waals surface area contributed by atoms with Crippen LogP contribution in [0.25, 0.3) is 0 Å². The van der Waals surface area contributed by atoms with Crippen molar-refractivity contribution in [3.8, 4) is 0 Å². The second kappa shape index (κ2) is 5.83. The van der Waals surface area contributed by atoms with E-state index in [1.54, 1.807) is 0 Å². The minimum Gasteiger partial charge on any atom is -0.310 e. The number of halogens is 1. The summed E-state index contributed by atoms with van der Waals surface area (Å²) in [6.45, 7) is 3.24. The Kier molecular flexibility index (Phi) is 4.42. The van der Waals surface area contributed by atoms with Gasteiger partial charge in [-0.05, 0) is 36.9 Å². The summed E-state index contributed by atoms with van der Waals surface area (Å²) in [6, 6.07) is 9.15. The van der Waals surface area contributed by atoms with Crippen LogP contribution in [-0.2, 0) is 0 Å². The number of nitrogens with one attached hydrogen (secondary N) is 1. The van der Waals surface area contributed by atoms with E-state index >= 15 is 0 Å². The molecule has 0 bridgehead atoms. The first-order valence-electron chi connectivity index (χ1n) is 6.30. The molecule has 0 saturated heterocycles. The molecule has 1 N–H and O–H groups in total. The van der Waals surface area contributed by atoms with Crippen molar-refractivity contribution in [2.24, 2.45) is 5.92 Å². The third kappa shape index (κ3) is 2.67. The maximum Gasteiger partial charge on any atom is 0.0359 e. The topological polar surface area (TPSA) is 12.0 Å². The van der Waals surface area contributed by atoms with E-state index in [2.05, 4.69) is 52.4 Å². The quantitative estimate of drug-likeness (QED) is 0.868. The van der Waals surface area contributed by atoms with E-state index in [0.717, 1.165) is 12.5 Å². The number of benzene rings is 1. The van der Waals surface area contributed by atoms with Gasteiger partial charge in [0.2, 0.25) is 0 Å². The molecule has 1 aromatic rings. The molecular weight excluding hydrogens is 262 g/mol. The molecule has 1 saturated carbocycles. The molecule has 1 nitrogen and oxygen atoms in total. The van der Waals surface area contributed by atoms with E-state index in [-0.39, 0.29) is 0 Å². The van der Waals surface area contributed by atoms with Gasteiger partial charge in [-0.25, -0.2) is 0 Å². The molecule has 1 fully saturated rings. The van der Waals surface area contributed by atoms with Crippen molar-refractivity contribution in [3.05, 3.63) is 34.3 Å². The molecule has 0 radical (unpaired) electrons. The SMILES string of the molecule is CCNC(c1ccccc1Br)C1CCCC1. The molecule has 0 heterocycles. The highest BCUT2D eigenvalue weighted by atomic mass is 79.9. The van der Waals surface area contributed by atoms with E-state index < -0.39 is 0 Å². The van der Waals surface area contributed by atoms with E-state index in [1.165, 1.54) is 35.7 Å². The van der Waals surface area contributed by atoms with Gasteiger partial charge in [0, 0.05) is 10.5 Å². The molecule has 2 rings (SSSR count). The van der Waals surface area contributed by atoms with Crippen LogP contribution >= 0.6 is 15.9 Å². The Bertz CT molecular complexity index is 331. The average Bonchev–Trinajstić information content (AvgIpc) is 2.80. The molecule has 0 aliphatic heterocycles. The molecule has 0 aromatic heterocycles. The van der Waals surface area contributed by atoms with E-state index in [9.17, 15) is 0 Å². The fourth-order valence-electron chi connectivity index (χ4n) is 2.77. The maximum atomic E-state index is 3.67. The highest BCUT2D eigenvalue weighted by Crippen LogP contribution is 2.37. The lowest BCUT2D eigenvalue weighted by molar-refractivity contribution is 0.373. The summed E-state index contributed by atoms with van der Waals surface area (Å²) in [5.41, 5.74) is 1.43. The second-order valence-corrected chi connectivity index (χ2v) is 5.46. The summed E-state index contributed by atoms with van der Waals surface area (Å²) in [7, 11) is 0. The second-order valence-electron chi connectivity index (χ2n) is 4.60. The van der Waals surface area contributed by atoms with Crippen LogP contribution < -0.4 is 5.32 Å². The van der Waals surface area contributed by atoms with Crippen LogP contribution in [0.3, 0.4) is 0 Å².